The van der Waals surface area contributed by atoms with Crippen molar-refractivity contribution in [2.24, 2.45) is 0 Å². The Balaban J connectivity index is 2.10. The van der Waals surface area contributed by atoms with E-state index in [1.165, 1.54) is 13.2 Å². The Kier molecular flexibility index (Phi) is 5.80. The van der Waals surface area contributed by atoms with Gasteiger partial charge in [0.1, 0.15) is 5.54 Å². The zero-order chi connectivity index (χ0) is 21.7. The molecule has 31 heavy (non-hydrogen) atoms. The SMILES string of the molecule is COC(=O)C=Cc1c(C)ncn1C(c1ccccc1)(c1ccccc1)c1ccccc1. The Morgan fingerprint density at radius 2 is 1.29 bits per heavy atom. The van der Waals surface area contributed by atoms with E-state index in [1.54, 1.807) is 6.08 Å². The van der Waals surface area contributed by atoms with E-state index in [-0.39, 0.29) is 0 Å². The predicted octanol–water partition coefficient (Wildman–Crippen LogP) is 5.22. The minimum absolute atomic E-state index is 0.406. The monoisotopic (exact) mass is 408 g/mol. The number of imidazole rings is 1. The highest BCUT2D eigenvalue weighted by atomic mass is 16.5. The fraction of sp³-hybridized carbons (Fsp3) is 0.111. The molecule has 0 aliphatic heterocycles. The molecule has 0 amide bonds. The van der Waals surface area contributed by atoms with Crippen LogP contribution in [-0.2, 0) is 15.1 Å². The van der Waals surface area contributed by atoms with Gasteiger partial charge in [0.25, 0.3) is 0 Å². The summed E-state index contributed by atoms with van der Waals surface area (Å²) in [6.45, 7) is 1.94. The molecule has 0 aliphatic carbocycles. The van der Waals surface area contributed by atoms with Crippen LogP contribution in [-0.4, -0.2) is 22.6 Å². The number of rotatable bonds is 6. The zero-order valence-electron chi connectivity index (χ0n) is 17.6. The first-order valence-corrected chi connectivity index (χ1v) is 10.1. The van der Waals surface area contributed by atoms with Crippen molar-refractivity contribution in [2.45, 2.75) is 12.5 Å². The molecule has 1 heterocycles. The summed E-state index contributed by atoms with van der Waals surface area (Å²) in [7, 11) is 1.37. The summed E-state index contributed by atoms with van der Waals surface area (Å²) in [6.07, 6.45) is 5.06. The average molecular weight is 409 g/mol. The number of aryl methyl sites for hydroxylation is 1. The molecule has 0 bridgehead atoms. The number of carbonyl (C=O) groups excluding carboxylic acids is 1. The number of benzene rings is 3. The molecule has 0 unspecified atom stereocenters. The molecule has 1 aromatic heterocycles. The minimum Gasteiger partial charge on any atom is -0.466 e. The lowest BCUT2D eigenvalue weighted by Crippen LogP contribution is -2.38. The molecule has 4 nitrogen and oxygen atoms in total. The van der Waals surface area contributed by atoms with Gasteiger partial charge in [-0.2, -0.15) is 0 Å². The number of esters is 1. The topological polar surface area (TPSA) is 44.1 Å². The van der Waals surface area contributed by atoms with Crippen molar-refractivity contribution >= 4 is 12.0 Å². The van der Waals surface area contributed by atoms with E-state index in [0.29, 0.717) is 0 Å². The third-order valence-corrected chi connectivity index (χ3v) is 5.51. The van der Waals surface area contributed by atoms with E-state index in [2.05, 4.69) is 45.9 Å². The molecule has 0 saturated carbocycles. The van der Waals surface area contributed by atoms with Crippen LogP contribution >= 0.6 is 0 Å². The first kappa shape index (κ1) is 20.4. The van der Waals surface area contributed by atoms with Crippen molar-refractivity contribution in [1.29, 1.82) is 0 Å². The van der Waals surface area contributed by atoms with Gasteiger partial charge in [-0.05, 0) is 29.7 Å². The highest BCUT2D eigenvalue weighted by Gasteiger charge is 2.39. The summed E-state index contributed by atoms with van der Waals surface area (Å²) in [5.74, 6) is -0.406. The third kappa shape index (κ3) is 3.68. The molecule has 4 aromatic rings. The number of methoxy groups -OCH3 is 1. The summed E-state index contributed by atoms with van der Waals surface area (Å²) in [6, 6.07) is 31.1. The first-order valence-electron chi connectivity index (χ1n) is 10.1. The Bertz CT molecular complexity index is 1080. The Labute approximate surface area is 182 Å². The van der Waals surface area contributed by atoms with E-state index in [4.69, 9.17) is 4.74 Å². The van der Waals surface area contributed by atoms with Crippen LogP contribution in [0.4, 0.5) is 0 Å². The second-order valence-electron chi connectivity index (χ2n) is 7.25. The van der Waals surface area contributed by atoms with Gasteiger partial charge in [-0.3, -0.25) is 0 Å². The molecule has 3 aromatic carbocycles. The van der Waals surface area contributed by atoms with Gasteiger partial charge < -0.3 is 9.30 Å². The van der Waals surface area contributed by atoms with Crippen molar-refractivity contribution < 1.29 is 9.53 Å². The summed E-state index contributed by atoms with van der Waals surface area (Å²) < 4.78 is 6.95. The number of hydrogen-bond donors (Lipinski definition) is 0. The van der Waals surface area contributed by atoms with E-state index in [1.807, 2.05) is 67.8 Å². The molecule has 0 fully saturated rings. The molecule has 0 atom stereocenters. The van der Waals surface area contributed by atoms with Gasteiger partial charge in [0.15, 0.2) is 0 Å². The second-order valence-corrected chi connectivity index (χ2v) is 7.25. The minimum atomic E-state index is -0.680. The summed E-state index contributed by atoms with van der Waals surface area (Å²) in [5, 5.41) is 0. The maximum atomic E-state index is 11.9. The number of aromatic nitrogens is 2. The van der Waals surface area contributed by atoms with Gasteiger partial charge in [0, 0.05) is 6.08 Å². The van der Waals surface area contributed by atoms with Crippen LogP contribution in [0.1, 0.15) is 28.1 Å². The summed E-state index contributed by atoms with van der Waals surface area (Å²) in [4.78, 5) is 16.5. The lowest BCUT2D eigenvalue weighted by atomic mass is 9.76. The maximum absolute atomic E-state index is 11.9. The normalized spacial score (nSPS) is 11.5. The van der Waals surface area contributed by atoms with Crippen molar-refractivity contribution in [3.05, 3.63) is 131 Å². The number of hydrogen-bond acceptors (Lipinski definition) is 3. The lowest BCUT2D eigenvalue weighted by molar-refractivity contribution is -0.134. The molecule has 0 spiro atoms. The fourth-order valence-corrected chi connectivity index (χ4v) is 4.09. The molecule has 4 heteroatoms. The van der Waals surface area contributed by atoms with Crippen molar-refractivity contribution in [3.63, 3.8) is 0 Å². The summed E-state index contributed by atoms with van der Waals surface area (Å²) in [5.41, 5.74) is 4.27. The number of carbonyl (C=O) groups is 1. The lowest BCUT2D eigenvalue weighted by Gasteiger charge is -2.38. The Morgan fingerprint density at radius 3 is 1.71 bits per heavy atom. The van der Waals surface area contributed by atoms with Gasteiger partial charge in [-0.15, -0.1) is 0 Å². The molecule has 0 N–H and O–H groups in total. The van der Waals surface area contributed by atoms with E-state index < -0.39 is 11.5 Å². The zero-order valence-corrected chi connectivity index (χ0v) is 17.6. The summed E-state index contributed by atoms with van der Waals surface area (Å²) >= 11 is 0. The maximum Gasteiger partial charge on any atom is 0.330 e. The smallest absolute Gasteiger partial charge is 0.330 e. The van der Waals surface area contributed by atoms with Crippen LogP contribution in [0.25, 0.3) is 6.08 Å². The highest BCUT2D eigenvalue weighted by molar-refractivity contribution is 5.86. The largest absolute Gasteiger partial charge is 0.466 e. The molecular weight excluding hydrogens is 384 g/mol. The molecule has 0 radical (unpaired) electrons. The second kappa shape index (κ2) is 8.84. The molecular formula is C27H24N2O2. The fourth-order valence-electron chi connectivity index (χ4n) is 4.09. The van der Waals surface area contributed by atoms with Crippen LogP contribution in [0, 0.1) is 6.92 Å². The van der Waals surface area contributed by atoms with Gasteiger partial charge in [0.05, 0.1) is 24.8 Å². The Morgan fingerprint density at radius 1 is 0.839 bits per heavy atom. The van der Waals surface area contributed by atoms with Gasteiger partial charge in [-0.25, -0.2) is 9.78 Å². The van der Waals surface area contributed by atoms with Crippen LogP contribution in [0.2, 0.25) is 0 Å². The van der Waals surface area contributed by atoms with Crippen LogP contribution in [0.3, 0.4) is 0 Å². The predicted molar refractivity (Wildman–Crippen MR) is 123 cm³/mol. The average Bonchev–Trinajstić information content (AvgIpc) is 3.20. The van der Waals surface area contributed by atoms with Gasteiger partial charge in [-0.1, -0.05) is 91.0 Å². The van der Waals surface area contributed by atoms with Gasteiger partial charge in [0.2, 0.25) is 0 Å². The molecule has 0 saturated heterocycles. The Hall–Kier alpha value is -3.92. The van der Waals surface area contributed by atoms with Crippen LogP contribution in [0.5, 0.6) is 0 Å². The molecule has 154 valence electrons. The van der Waals surface area contributed by atoms with Crippen molar-refractivity contribution in [2.75, 3.05) is 7.11 Å². The van der Waals surface area contributed by atoms with Gasteiger partial charge >= 0.3 is 5.97 Å². The standard InChI is InChI=1S/C27H24N2O2/c1-21-25(18-19-26(30)31-2)29(20-28-21)27(22-12-6-3-7-13-22,23-14-8-4-9-15-23)24-16-10-5-11-17-24/h3-20H,1-2H3. The number of nitrogens with zero attached hydrogens (tertiary/aromatic N) is 2. The van der Waals surface area contributed by atoms with Crippen LogP contribution < -0.4 is 0 Å². The molecule has 0 aliphatic rings. The first-order chi connectivity index (χ1) is 15.2. The highest BCUT2D eigenvalue weighted by Crippen LogP contribution is 2.42. The van der Waals surface area contributed by atoms with Crippen LogP contribution in [0.15, 0.2) is 103 Å². The third-order valence-electron chi connectivity index (χ3n) is 5.51. The molecule has 4 rings (SSSR count). The van der Waals surface area contributed by atoms with E-state index >= 15 is 0 Å². The van der Waals surface area contributed by atoms with Crippen molar-refractivity contribution in [3.8, 4) is 0 Å². The quantitative estimate of drug-likeness (QED) is 0.250. The van der Waals surface area contributed by atoms with E-state index in [9.17, 15) is 4.79 Å². The van der Waals surface area contributed by atoms with E-state index in [0.717, 1.165) is 28.1 Å². The van der Waals surface area contributed by atoms with Crippen molar-refractivity contribution in [1.82, 2.24) is 9.55 Å². The number of ether oxygens (including phenoxy) is 1.